The SMILES string of the molecule is COCC(C)Nc1nccc(N(C(=O)Nc2cc(Cl)ccc2Cl)c2ccc(F)cc2)n1. The predicted molar refractivity (Wildman–Crippen MR) is 121 cm³/mol. The third kappa shape index (κ3) is 6.04. The first-order chi connectivity index (χ1) is 14.9. The van der Waals surface area contributed by atoms with Crippen molar-refractivity contribution in [3.05, 3.63) is 70.6 Å². The largest absolute Gasteiger partial charge is 0.383 e. The van der Waals surface area contributed by atoms with Gasteiger partial charge in [0.2, 0.25) is 5.95 Å². The molecule has 0 radical (unpaired) electrons. The third-order valence-corrected chi connectivity index (χ3v) is 4.68. The Labute approximate surface area is 189 Å². The van der Waals surface area contributed by atoms with Gasteiger partial charge in [-0.3, -0.25) is 0 Å². The fourth-order valence-electron chi connectivity index (χ4n) is 2.76. The number of carbonyl (C=O) groups is 1. The van der Waals surface area contributed by atoms with E-state index in [4.69, 9.17) is 27.9 Å². The predicted octanol–water partition coefficient (Wildman–Crippen LogP) is 5.74. The average Bonchev–Trinajstić information content (AvgIpc) is 2.73. The Hall–Kier alpha value is -2.94. The number of aromatic nitrogens is 2. The molecule has 1 unspecified atom stereocenters. The zero-order valence-electron chi connectivity index (χ0n) is 16.8. The highest BCUT2D eigenvalue weighted by atomic mass is 35.5. The summed E-state index contributed by atoms with van der Waals surface area (Å²) in [4.78, 5) is 23.1. The van der Waals surface area contributed by atoms with Gasteiger partial charge >= 0.3 is 6.03 Å². The van der Waals surface area contributed by atoms with E-state index in [-0.39, 0.29) is 11.9 Å². The Morgan fingerprint density at radius 2 is 1.94 bits per heavy atom. The normalized spacial score (nSPS) is 11.6. The number of hydrogen-bond donors (Lipinski definition) is 2. The molecule has 0 aliphatic heterocycles. The van der Waals surface area contributed by atoms with Crippen molar-refractivity contribution >= 4 is 52.4 Å². The van der Waals surface area contributed by atoms with E-state index in [1.165, 1.54) is 41.4 Å². The number of amides is 2. The van der Waals surface area contributed by atoms with Crippen molar-refractivity contribution in [3.8, 4) is 0 Å². The first kappa shape index (κ1) is 22.7. The van der Waals surface area contributed by atoms with Gasteiger partial charge in [-0.15, -0.1) is 0 Å². The van der Waals surface area contributed by atoms with Crippen molar-refractivity contribution in [1.29, 1.82) is 0 Å². The molecule has 31 heavy (non-hydrogen) atoms. The van der Waals surface area contributed by atoms with Crippen molar-refractivity contribution < 1.29 is 13.9 Å². The molecule has 0 saturated heterocycles. The summed E-state index contributed by atoms with van der Waals surface area (Å²) < 4.78 is 18.6. The zero-order valence-corrected chi connectivity index (χ0v) is 18.3. The highest BCUT2D eigenvalue weighted by molar-refractivity contribution is 6.35. The molecule has 0 spiro atoms. The number of rotatable bonds is 7. The lowest BCUT2D eigenvalue weighted by Gasteiger charge is -2.23. The van der Waals surface area contributed by atoms with Crippen LogP contribution in [0.3, 0.4) is 0 Å². The molecular weight excluding hydrogens is 444 g/mol. The van der Waals surface area contributed by atoms with Gasteiger partial charge < -0.3 is 15.4 Å². The average molecular weight is 464 g/mol. The first-order valence-electron chi connectivity index (χ1n) is 9.27. The number of urea groups is 1. The number of nitrogens with one attached hydrogen (secondary N) is 2. The highest BCUT2D eigenvalue weighted by Crippen LogP contribution is 2.29. The number of nitrogens with zero attached hydrogens (tertiary/aromatic N) is 3. The van der Waals surface area contributed by atoms with Crippen LogP contribution in [-0.2, 0) is 4.74 Å². The monoisotopic (exact) mass is 463 g/mol. The number of benzene rings is 2. The van der Waals surface area contributed by atoms with Crippen LogP contribution in [0, 0.1) is 5.82 Å². The van der Waals surface area contributed by atoms with Gasteiger partial charge in [-0.1, -0.05) is 23.2 Å². The van der Waals surface area contributed by atoms with Gasteiger partial charge in [0.25, 0.3) is 0 Å². The van der Waals surface area contributed by atoms with E-state index in [9.17, 15) is 9.18 Å². The van der Waals surface area contributed by atoms with Gasteiger partial charge in [-0.25, -0.2) is 19.1 Å². The molecule has 3 aromatic rings. The molecule has 1 heterocycles. The van der Waals surface area contributed by atoms with Crippen LogP contribution in [0.15, 0.2) is 54.7 Å². The number of hydrogen-bond acceptors (Lipinski definition) is 5. The topological polar surface area (TPSA) is 79.4 Å². The minimum atomic E-state index is -0.564. The number of anilines is 4. The van der Waals surface area contributed by atoms with E-state index in [1.807, 2.05) is 6.92 Å². The minimum absolute atomic E-state index is 0.0568. The molecule has 1 aromatic heterocycles. The van der Waals surface area contributed by atoms with Crippen molar-refractivity contribution in [2.24, 2.45) is 0 Å². The van der Waals surface area contributed by atoms with Gasteiger partial charge in [-0.05, 0) is 49.4 Å². The van der Waals surface area contributed by atoms with Crippen molar-refractivity contribution in [1.82, 2.24) is 9.97 Å². The molecule has 10 heteroatoms. The Bertz CT molecular complexity index is 1050. The summed E-state index contributed by atoms with van der Waals surface area (Å²) in [5, 5.41) is 6.54. The summed E-state index contributed by atoms with van der Waals surface area (Å²) in [5.41, 5.74) is 0.721. The third-order valence-electron chi connectivity index (χ3n) is 4.12. The second kappa shape index (κ2) is 10.4. The maximum absolute atomic E-state index is 13.5. The lowest BCUT2D eigenvalue weighted by atomic mass is 10.2. The fourth-order valence-corrected chi connectivity index (χ4v) is 3.10. The summed E-state index contributed by atoms with van der Waals surface area (Å²) in [5.74, 6) is 0.146. The van der Waals surface area contributed by atoms with Gasteiger partial charge in [0, 0.05) is 30.4 Å². The molecular formula is C21H20Cl2FN5O2. The van der Waals surface area contributed by atoms with Crippen LogP contribution in [0.5, 0.6) is 0 Å². The molecule has 2 amide bonds. The second-order valence-corrected chi connectivity index (χ2v) is 7.45. The molecule has 162 valence electrons. The van der Waals surface area contributed by atoms with Crippen LogP contribution in [0.2, 0.25) is 10.0 Å². The van der Waals surface area contributed by atoms with Crippen LogP contribution >= 0.6 is 23.2 Å². The quantitative estimate of drug-likeness (QED) is 0.466. The maximum atomic E-state index is 13.5. The molecule has 1 atom stereocenters. The van der Waals surface area contributed by atoms with Gasteiger partial charge in [0.1, 0.15) is 11.6 Å². The minimum Gasteiger partial charge on any atom is -0.383 e. The zero-order chi connectivity index (χ0) is 22.4. The molecule has 2 aromatic carbocycles. The summed E-state index contributed by atoms with van der Waals surface area (Å²) in [6.45, 7) is 2.36. The number of ether oxygens (including phenoxy) is 1. The van der Waals surface area contributed by atoms with Crippen LogP contribution in [-0.4, -0.2) is 35.8 Å². The van der Waals surface area contributed by atoms with E-state index in [2.05, 4.69) is 20.6 Å². The number of methoxy groups -OCH3 is 1. The lowest BCUT2D eigenvalue weighted by Crippen LogP contribution is -2.32. The summed E-state index contributed by atoms with van der Waals surface area (Å²) in [6, 6.07) is 11.1. The fraction of sp³-hybridized carbons (Fsp3) is 0.190. The molecule has 0 bridgehead atoms. The molecule has 3 rings (SSSR count). The molecule has 0 fully saturated rings. The molecule has 0 aliphatic carbocycles. The Balaban J connectivity index is 1.96. The number of halogens is 3. The van der Waals surface area contributed by atoms with Crippen LogP contribution in [0.4, 0.5) is 32.3 Å². The summed E-state index contributed by atoms with van der Waals surface area (Å²) in [6.07, 6.45) is 1.51. The van der Waals surface area contributed by atoms with E-state index < -0.39 is 11.8 Å². The summed E-state index contributed by atoms with van der Waals surface area (Å²) in [7, 11) is 1.59. The Morgan fingerprint density at radius 1 is 1.19 bits per heavy atom. The van der Waals surface area contributed by atoms with Crippen LogP contribution in [0.25, 0.3) is 0 Å². The van der Waals surface area contributed by atoms with E-state index >= 15 is 0 Å². The maximum Gasteiger partial charge on any atom is 0.332 e. The van der Waals surface area contributed by atoms with E-state index in [1.54, 1.807) is 25.3 Å². The van der Waals surface area contributed by atoms with E-state index in [0.29, 0.717) is 34.0 Å². The van der Waals surface area contributed by atoms with Crippen LogP contribution < -0.4 is 15.5 Å². The van der Waals surface area contributed by atoms with E-state index in [0.717, 1.165) is 0 Å². The first-order valence-corrected chi connectivity index (χ1v) is 10.0. The molecule has 0 aliphatic rings. The van der Waals surface area contributed by atoms with Gasteiger partial charge in [0.05, 0.1) is 23.0 Å². The molecule has 0 saturated carbocycles. The molecule has 7 nitrogen and oxygen atoms in total. The standard InChI is InChI=1S/C21H20Cl2FN5O2/c1-13(12-31-2)26-20-25-10-9-19(28-20)29(16-6-4-15(24)5-7-16)21(30)27-18-11-14(22)3-8-17(18)23/h3-11,13H,12H2,1-2H3,(H,27,30)(H,25,26,28). The van der Waals surface area contributed by atoms with Gasteiger partial charge in [0.15, 0.2) is 0 Å². The lowest BCUT2D eigenvalue weighted by molar-refractivity contribution is 0.190. The Kier molecular flexibility index (Phi) is 7.62. The van der Waals surface area contributed by atoms with Crippen molar-refractivity contribution in [3.63, 3.8) is 0 Å². The molecule has 2 N–H and O–H groups in total. The smallest absolute Gasteiger partial charge is 0.332 e. The summed E-state index contributed by atoms with van der Waals surface area (Å²) >= 11 is 12.2. The number of carbonyl (C=O) groups excluding carboxylic acids is 1. The van der Waals surface area contributed by atoms with Crippen molar-refractivity contribution in [2.75, 3.05) is 29.3 Å². The van der Waals surface area contributed by atoms with Gasteiger partial charge in [-0.2, -0.15) is 4.98 Å². The van der Waals surface area contributed by atoms with Crippen molar-refractivity contribution in [2.45, 2.75) is 13.0 Å². The Morgan fingerprint density at radius 3 is 2.65 bits per heavy atom. The second-order valence-electron chi connectivity index (χ2n) is 6.61. The highest BCUT2D eigenvalue weighted by Gasteiger charge is 2.21. The van der Waals surface area contributed by atoms with Crippen LogP contribution in [0.1, 0.15) is 6.92 Å².